The SMILES string of the molecule is C=C(Nc1cncc(SN2CCCN(C)CC2)c1)c1cc2ncccc2cc1C. The number of aryl methyl sites for hydroxylation is 1. The Hall–Kier alpha value is -2.41. The van der Waals surface area contributed by atoms with E-state index in [0.29, 0.717) is 0 Å². The zero-order valence-electron chi connectivity index (χ0n) is 17.1. The molecule has 0 radical (unpaired) electrons. The van der Waals surface area contributed by atoms with Crippen LogP contribution in [0.25, 0.3) is 16.6 Å². The minimum atomic E-state index is 0.857. The van der Waals surface area contributed by atoms with Crippen molar-refractivity contribution in [3.8, 4) is 0 Å². The summed E-state index contributed by atoms with van der Waals surface area (Å²) in [7, 11) is 2.19. The molecule has 3 aromatic rings. The molecule has 1 fully saturated rings. The lowest BCUT2D eigenvalue weighted by atomic mass is 10.0. The quantitative estimate of drug-likeness (QED) is 0.623. The second kappa shape index (κ2) is 8.95. The molecule has 4 rings (SSSR count). The molecule has 3 heterocycles. The van der Waals surface area contributed by atoms with Crippen LogP contribution in [0.5, 0.6) is 0 Å². The van der Waals surface area contributed by atoms with Gasteiger partial charge >= 0.3 is 0 Å². The van der Waals surface area contributed by atoms with Crippen LogP contribution in [-0.4, -0.2) is 52.4 Å². The third kappa shape index (κ3) is 4.96. The molecule has 0 aliphatic carbocycles. The first kappa shape index (κ1) is 19.9. The van der Waals surface area contributed by atoms with Crippen LogP contribution in [0.4, 0.5) is 5.69 Å². The maximum absolute atomic E-state index is 4.47. The van der Waals surface area contributed by atoms with Crippen LogP contribution in [-0.2, 0) is 0 Å². The molecular formula is C23H27N5S. The number of pyridine rings is 2. The van der Waals surface area contributed by atoms with Gasteiger partial charge in [-0.25, -0.2) is 4.31 Å². The van der Waals surface area contributed by atoms with Crippen LogP contribution < -0.4 is 5.32 Å². The molecule has 1 aliphatic rings. The van der Waals surface area contributed by atoms with Gasteiger partial charge in [-0.2, -0.15) is 0 Å². The fourth-order valence-corrected chi connectivity index (χ4v) is 4.58. The summed E-state index contributed by atoms with van der Waals surface area (Å²) >= 11 is 1.79. The summed E-state index contributed by atoms with van der Waals surface area (Å²) in [5.41, 5.74) is 5.03. The van der Waals surface area contributed by atoms with Crippen molar-refractivity contribution >= 4 is 34.2 Å². The Labute approximate surface area is 177 Å². The van der Waals surface area contributed by atoms with Crippen LogP contribution >= 0.6 is 11.9 Å². The summed E-state index contributed by atoms with van der Waals surface area (Å²) in [5, 5.41) is 4.58. The number of aromatic nitrogens is 2. The van der Waals surface area contributed by atoms with Gasteiger partial charge in [0.2, 0.25) is 0 Å². The van der Waals surface area contributed by atoms with Gasteiger partial charge in [0.15, 0.2) is 0 Å². The van der Waals surface area contributed by atoms with Gasteiger partial charge in [0.1, 0.15) is 0 Å². The number of likely N-dealkylation sites (N-methyl/N-ethyl adjacent to an activating group) is 1. The van der Waals surface area contributed by atoms with Gasteiger partial charge in [0.25, 0.3) is 0 Å². The van der Waals surface area contributed by atoms with E-state index >= 15 is 0 Å². The van der Waals surface area contributed by atoms with Crippen LogP contribution in [0.15, 0.2) is 60.4 Å². The number of hydrogen-bond acceptors (Lipinski definition) is 6. The van der Waals surface area contributed by atoms with E-state index in [0.717, 1.165) is 58.9 Å². The number of nitrogens with one attached hydrogen (secondary N) is 1. The molecule has 150 valence electrons. The standard InChI is InChI=1S/C23H27N5S/c1-17-12-19-6-4-7-25-23(19)14-22(17)18(2)26-20-13-21(16-24-15-20)29-28-9-5-8-27(3)10-11-28/h4,6-7,12-16,26H,2,5,8-11H2,1,3H3. The second-order valence-electron chi connectivity index (χ2n) is 7.55. The van der Waals surface area contributed by atoms with E-state index in [9.17, 15) is 0 Å². The lowest BCUT2D eigenvalue weighted by Gasteiger charge is -2.19. The highest BCUT2D eigenvalue weighted by Crippen LogP contribution is 2.28. The van der Waals surface area contributed by atoms with Crippen LogP contribution in [0.3, 0.4) is 0 Å². The Morgan fingerprint density at radius 2 is 2.03 bits per heavy atom. The molecular weight excluding hydrogens is 378 g/mol. The molecule has 1 aliphatic heterocycles. The summed E-state index contributed by atoms with van der Waals surface area (Å²) < 4.78 is 2.43. The first-order valence-electron chi connectivity index (χ1n) is 9.97. The number of nitrogens with zero attached hydrogens (tertiary/aromatic N) is 4. The summed E-state index contributed by atoms with van der Waals surface area (Å²) in [4.78, 5) is 12.4. The Kier molecular flexibility index (Phi) is 6.13. The first-order chi connectivity index (χ1) is 14.1. The Morgan fingerprint density at radius 1 is 1.14 bits per heavy atom. The smallest absolute Gasteiger partial charge is 0.0708 e. The van der Waals surface area contributed by atoms with Crippen molar-refractivity contribution in [1.29, 1.82) is 0 Å². The van der Waals surface area contributed by atoms with Gasteiger partial charge in [-0.15, -0.1) is 0 Å². The molecule has 1 saturated heterocycles. The van der Waals surface area contributed by atoms with Crippen molar-refractivity contribution in [2.45, 2.75) is 18.2 Å². The molecule has 29 heavy (non-hydrogen) atoms. The molecule has 1 aromatic carbocycles. The lowest BCUT2D eigenvalue weighted by molar-refractivity contribution is 0.351. The maximum Gasteiger partial charge on any atom is 0.0708 e. The summed E-state index contributed by atoms with van der Waals surface area (Å²) in [6, 6.07) is 10.4. The average molecular weight is 406 g/mol. The van der Waals surface area contributed by atoms with Gasteiger partial charge in [0.05, 0.1) is 17.4 Å². The highest BCUT2D eigenvalue weighted by Gasteiger charge is 2.14. The predicted octanol–water partition coefficient (Wildman–Crippen LogP) is 4.67. The highest BCUT2D eigenvalue weighted by atomic mass is 32.2. The molecule has 0 amide bonds. The topological polar surface area (TPSA) is 44.3 Å². The Balaban J connectivity index is 1.47. The molecule has 5 nitrogen and oxygen atoms in total. The van der Waals surface area contributed by atoms with E-state index in [-0.39, 0.29) is 0 Å². The van der Waals surface area contributed by atoms with Crippen molar-refractivity contribution in [1.82, 2.24) is 19.2 Å². The molecule has 0 saturated carbocycles. The molecule has 2 aromatic heterocycles. The molecule has 0 bridgehead atoms. The van der Waals surface area contributed by atoms with Gasteiger partial charge in [0, 0.05) is 53.6 Å². The van der Waals surface area contributed by atoms with Crippen molar-refractivity contribution in [3.63, 3.8) is 0 Å². The summed E-state index contributed by atoms with van der Waals surface area (Å²) in [6.07, 6.45) is 6.79. The third-order valence-corrected chi connectivity index (χ3v) is 6.25. The number of benzene rings is 1. The third-order valence-electron chi connectivity index (χ3n) is 5.20. The van der Waals surface area contributed by atoms with Crippen molar-refractivity contribution in [2.24, 2.45) is 0 Å². The second-order valence-corrected chi connectivity index (χ2v) is 8.72. The van der Waals surface area contributed by atoms with Gasteiger partial charge in [-0.1, -0.05) is 12.6 Å². The molecule has 0 spiro atoms. The monoisotopic (exact) mass is 405 g/mol. The largest absolute Gasteiger partial charge is 0.354 e. The Bertz CT molecular complexity index is 1020. The van der Waals surface area contributed by atoms with Crippen molar-refractivity contribution < 1.29 is 0 Å². The van der Waals surface area contributed by atoms with Gasteiger partial charge < -0.3 is 10.2 Å². The van der Waals surface area contributed by atoms with Crippen LogP contribution in [0.1, 0.15) is 17.5 Å². The summed E-state index contributed by atoms with van der Waals surface area (Å²) in [6.45, 7) is 10.8. The average Bonchev–Trinajstić information content (AvgIpc) is 2.91. The van der Waals surface area contributed by atoms with E-state index in [1.54, 1.807) is 11.9 Å². The normalized spacial score (nSPS) is 15.9. The van der Waals surface area contributed by atoms with Crippen molar-refractivity contribution in [3.05, 3.63) is 66.6 Å². The minimum absolute atomic E-state index is 0.857. The number of anilines is 1. The van der Waals surface area contributed by atoms with Crippen LogP contribution in [0, 0.1) is 6.92 Å². The fraction of sp³-hybridized carbons (Fsp3) is 0.304. The highest BCUT2D eigenvalue weighted by molar-refractivity contribution is 7.97. The predicted molar refractivity (Wildman–Crippen MR) is 123 cm³/mol. The number of fused-ring (bicyclic) bond motifs is 1. The zero-order valence-corrected chi connectivity index (χ0v) is 17.9. The zero-order chi connectivity index (χ0) is 20.2. The molecule has 6 heteroatoms. The molecule has 1 N–H and O–H groups in total. The summed E-state index contributed by atoms with van der Waals surface area (Å²) in [5.74, 6) is 0. The van der Waals surface area contributed by atoms with E-state index in [4.69, 9.17) is 0 Å². The molecule has 0 atom stereocenters. The number of rotatable bonds is 5. The van der Waals surface area contributed by atoms with Gasteiger partial charge in [-0.3, -0.25) is 9.97 Å². The first-order valence-corrected chi connectivity index (χ1v) is 10.7. The lowest BCUT2D eigenvalue weighted by Crippen LogP contribution is -2.24. The van der Waals surface area contributed by atoms with Crippen LogP contribution in [0.2, 0.25) is 0 Å². The van der Waals surface area contributed by atoms with Gasteiger partial charge in [-0.05, 0) is 68.7 Å². The van der Waals surface area contributed by atoms with E-state index in [2.05, 4.69) is 69.3 Å². The fourth-order valence-electron chi connectivity index (χ4n) is 3.60. The van der Waals surface area contributed by atoms with Crippen molar-refractivity contribution in [2.75, 3.05) is 38.5 Å². The van der Waals surface area contributed by atoms with E-state index in [1.807, 2.05) is 24.7 Å². The number of hydrogen-bond donors (Lipinski definition) is 1. The maximum atomic E-state index is 4.47. The van der Waals surface area contributed by atoms with E-state index in [1.165, 1.54) is 12.0 Å². The minimum Gasteiger partial charge on any atom is -0.354 e. The molecule has 0 unspecified atom stereocenters. The Morgan fingerprint density at radius 3 is 2.93 bits per heavy atom. The van der Waals surface area contributed by atoms with E-state index < -0.39 is 0 Å².